The van der Waals surface area contributed by atoms with E-state index in [0.29, 0.717) is 14.6 Å². The van der Waals surface area contributed by atoms with Gasteiger partial charge in [-0.25, -0.2) is 9.89 Å². The number of hydrogen-bond donors (Lipinski definition) is 3. The minimum absolute atomic E-state index is 0.117. The minimum Gasteiger partial charge on any atom is -0.506 e. The Balaban J connectivity index is 2.18. The average Bonchev–Trinajstić information content (AvgIpc) is 2.40. The van der Waals surface area contributed by atoms with Crippen molar-refractivity contribution in [1.82, 2.24) is 15.2 Å². The first kappa shape index (κ1) is 14.7. The van der Waals surface area contributed by atoms with Crippen molar-refractivity contribution in [3.8, 4) is 5.75 Å². The highest BCUT2D eigenvalue weighted by Gasteiger charge is 2.05. The molecule has 0 bridgehead atoms. The summed E-state index contributed by atoms with van der Waals surface area (Å²) in [7, 11) is 0. The van der Waals surface area contributed by atoms with E-state index in [1.807, 2.05) is 0 Å². The van der Waals surface area contributed by atoms with Gasteiger partial charge < -0.3 is 5.11 Å². The Hall–Kier alpha value is -1.74. The van der Waals surface area contributed by atoms with E-state index < -0.39 is 5.69 Å². The van der Waals surface area contributed by atoms with Gasteiger partial charge in [0.05, 0.1) is 15.2 Å². The summed E-state index contributed by atoms with van der Waals surface area (Å²) in [6, 6.07) is 3.39. The monoisotopic (exact) mass is 401 g/mol. The maximum absolute atomic E-state index is 11.0. The van der Waals surface area contributed by atoms with Crippen LogP contribution >= 0.6 is 31.9 Å². The van der Waals surface area contributed by atoms with Crippen molar-refractivity contribution in [2.24, 2.45) is 5.10 Å². The number of benzene rings is 1. The van der Waals surface area contributed by atoms with Crippen LogP contribution in [-0.4, -0.2) is 26.5 Å². The number of hydrazone groups is 1. The van der Waals surface area contributed by atoms with Crippen molar-refractivity contribution in [1.29, 1.82) is 0 Å². The number of rotatable bonds is 3. The molecule has 0 saturated carbocycles. The van der Waals surface area contributed by atoms with Crippen molar-refractivity contribution in [2.75, 3.05) is 5.43 Å². The van der Waals surface area contributed by atoms with Crippen LogP contribution in [0.25, 0.3) is 0 Å². The van der Waals surface area contributed by atoms with E-state index in [2.05, 4.69) is 57.6 Å². The molecule has 0 spiro atoms. The number of phenols is 1. The first-order valence-corrected chi connectivity index (χ1v) is 6.96. The van der Waals surface area contributed by atoms with E-state index in [9.17, 15) is 9.90 Å². The number of hydrogen-bond acceptors (Lipinski definition) is 6. The fourth-order valence-corrected chi connectivity index (χ4v) is 2.55. The van der Waals surface area contributed by atoms with Crippen LogP contribution in [0, 0.1) is 6.92 Å². The third-order valence-corrected chi connectivity index (χ3v) is 3.51. The summed E-state index contributed by atoms with van der Waals surface area (Å²) >= 11 is 6.45. The van der Waals surface area contributed by atoms with Crippen molar-refractivity contribution < 1.29 is 5.11 Å². The van der Waals surface area contributed by atoms with Gasteiger partial charge in [0, 0.05) is 0 Å². The molecule has 0 unspecified atom stereocenters. The lowest BCUT2D eigenvalue weighted by Crippen LogP contribution is -2.15. The van der Waals surface area contributed by atoms with Crippen LogP contribution in [-0.2, 0) is 0 Å². The second-order valence-corrected chi connectivity index (χ2v) is 5.49. The molecule has 0 atom stereocenters. The van der Waals surface area contributed by atoms with Crippen LogP contribution in [0.5, 0.6) is 5.75 Å². The summed E-state index contributed by atoms with van der Waals surface area (Å²) in [6.07, 6.45) is 1.53. The zero-order valence-electron chi connectivity index (χ0n) is 10.2. The maximum Gasteiger partial charge on any atom is 0.363 e. The second kappa shape index (κ2) is 6.14. The number of nitrogens with one attached hydrogen (secondary N) is 2. The number of aromatic hydroxyl groups is 1. The van der Waals surface area contributed by atoms with Gasteiger partial charge in [-0.15, -0.1) is 0 Å². The highest BCUT2D eigenvalue weighted by atomic mass is 79.9. The molecule has 1 heterocycles. The molecule has 0 radical (unpaired) electrons. The molecule has 2 rings (SSSR count). The number of halogens is 2. The fourth-order valence-electron chi connectivity index (χ4n) is 1.33. The number of aryl methyl sites for hydroxylation is 1. The summed E-state index contributed by atoms with van der Waals surface area (Å²) in [6.45, 7) is 1.69. The highest BCUT2D eigenvalue weighted by Crippen LogP contribution is 2.32. The molecule has 1 aromatic carbocycles. The van der Waals surface area contributed by atoms with Gasteiger partial charge in [0.1, 0.15) is 11.4 Å². The molecule has 104 valence electrons. The fraction of sp³-hybridized carbons (Fsp3) is 0.0909. The molecule has 7 nitrogen and oxygen atoms in total. The van der Waals surface area contributed by atoms with E-state index in [1.54, 1.807) is 19.1 Å². The molecular formula is C11H9Br2N5O2. The summed E-state index contributed by atoms with van der Waals surface area (Å²) in [5, 5.41) is 19.5. The Labute approximate surface area is 130 Å². The second-order valence-electron chi connectivity index (χ2n) is 3.78. The molecule has 0 saturated heterocycles. The number of H-pyrrole nitrogens is 1. The van der Waals surface area contributed by atoms with Gasteiger partial charge in [-0.05, 0) is 56.5 Å². The number of phenolic OH excluding ortho intramolecular Hbond substituents is 1. The van der Waals surface area contributed by atoms with Crippen LogP contribution in [0.4, 0.5) is 5.82 Å². The summed E-state index contributed by atoms with van der Waals surface area (Å²) in [5.41, 5.74) is 3.35. The molecule has 0 aliphatic carbocycles. The van der Waals surface area contributed by atoms with E-state index in [0.717, 1.165) is 5.56 Å². The number of aromatic nitrogens is 3. The predicted octanol–water partition coefficient (Wildman–Crippen LogP) is 2.15. The number of aromatic amines is 1. The molecule has 2 aromatic rings. The van der Waals surface area contributed by atoms with Gasteiger partial charge in [-0.3, -0.25) is 5.43 Å². The van der Waals surface area contributed by atoms with Crippen LogP contribution in [0.2, 0.25) is 0 Å². The molecule has 20 heavy (non-hydrogen) atoms. The van der Waals surface area contributed by atoms with E-state index in [1.165, 1.54) is 6.21 Å². The van der Waals surface area contributed by atoms with E-state index in [4.69, 9.17) is 0 Å². The summed E-state index contributed by atoms with van der Waals surface area (Å²) in [5.74, 6) is 0.397. The largest absolute Gasteiger partial charge is 0.506 e. The van der Waals surface area contributed by atoms with Gasteiger partial charge in [0.2, 0.25) is 0 Å². The standard InChI is InChI=1S/C11H9Br2N5O2/c1-5-10(15-11(20)18-16-5)17-14-4-6-2-7(12)9(19)8(13)3-6/h2-4,19H,1H3,(H2,15,17,18,20). The van der Waals surface area contributed by atoms with Crippen LogP contribution in [0.1, 0.15) is 11.3 Å². The normalized spacial score (nSPS) is 10.9. The topological polar surface area (TPSA) is 103 Å². The molecular weight excluding hydrogens is 394 g/mol. The van der Waals surface area contributed by atoms with Crippen molar-refractivity contribution in [3.05, 3.63) is 42.8 Å². The molecule has 0 aliphatic rings. The summed E-state index contributed by atoms with van der Waals surface area (Å²) < 4.78 is 1.08. The number of anilines is 1. The van der Waals surface area contributed by atoms with Crippen LogP contribution in [0.15, 0.2) is 31.0 Å². The quantitative estimate of drug-likeness (QED) is 0.539. The Kier molecular flexibility index (Phi) is 4.50. The maximum atomic E-state index is 11.0. The molecule has 3 N–H and O–H groups in total. The first-order chi connectivity index (χ1) is 9.47. The Bertz CT molecular complexity index is 706. The van der Waals surface area contributed by atoms with Crippen LogP contribution < -0.4 is 11.1 Å². The zero-order valence-corrected chi connectivity index (χ0v) is 13.4. The Morgan fingerprint density at radius 3 is 2.70 bits per heavy atom. The average molecular weight is 403 g/mol. The van der Waals surface area contributed by atoms with Gasteiger partial charge in [-0.1, -0.05) is 0 Å². The van der Waals surface area contributed by atoms with Crippen molar-refractivity contribution in [3.63, 3.8) is 0 Å². The Morgan fingerprint density at radius 2 is 2.05 bits per heavy atom. The molecule has 0 aliphatic heterocycles. The third-order valence-electron chi connectivity index (χ3n) is 2.30. The number of nitrogens with zero attached hydrogens (tertiary/aromatic N) is 3. The van der Waals surface area contributed by atoms with Gasteiger partial charge >= 0.3 is 5.69 Å². The van der Waals surface area contributed by atoms with Crippen molar-refractivity contribution in [2.45, 2.75) is 6.92 Å². The molecule has 1 aromatic heterocycles. The summed E-state index contributed by atoms with van der Waals surface area (Å²) in [4.78, 5) is 14.7. The van der Waals surface area contributed by atoms with Crippen LogP contribution in [0.3, 0.4) is 0 Å². The van der Waals surface area contributed by atoms with E-state index >= 15 is 0 Å². The minimum atomic E-state index is -0.552. The van der Waals surface area contributed by atoms with E-state index in [-0.39, 0.29) is 11.6 Å². The molecule has 0 amide bonds. The molecule has 0 fully saturated rings. The lowest BCUT2D eigenvalue weighted by atomic mass is 10.2. The first-order valence-electron chi connectivity index (χ1n) is 5.38. The zero-order chi connectivity index (χ0) is 14.7. The lowest BCUT2D eigenvalue weighted by molar-refractivity contribution is 0.468. The predicted molar refractivity (Wildman–Crippen MR) is 82.1 cm³/mol. The smallest absolute Gasteiger partial charge is 0.363 e. The van der Waals surface area contributed by atoms with Gasteiger partial charge in [0.25, 0.3) is 0 Å². The SMILES string of the molecule is Cc1n[nH]c(=O)nc1NN=Cc1cc(Br)c(O)c(Br)c1. The van der Waals surface area contributed by atoms with Gasteiger partial charge in [0.15, 0.2) is 5.82 Å². The highest BCUT2D eigenvalue weighted by molar-refractivity contribution is 9.11. The lowest BCUT2D eigenvalue weighted by Gasteiger charge is -2.03. The van der Waals surface area contributed by atoms with Gasteiger partial charge in [-0.2, -0.15) is 15.2 Å². The third kappa shape index (κ3) is 3.42. The van der Waals surface area contributed by atoms with Crippen molar-refractivity contribution >= 4 is 43.9 Å². The Morgan fingerprint density at radius 1 is 1.40 bits per heavy atom. The molecule has 9 heteroatoms.